The first-order valence-corrected chi connectivity index (χ1v) is 8.11. The second-order valence-corrected chi connectivity index (χ2v) is 6.47. The van der Waals surface area contributed by atoms with Gasteiger partial charge in [-0.15, -0.1) is 0 Å². The van der Waals surface area contributed by atoms with Gasteiger partial charge < -0.3 is 0 Å². The Morgan fingerprint density at radius 3 is 2.52 bits per heavy atom. The molecule has 0 radical (unpaired) electrons. The normalized spacial score (nSPS) is 15.0. The topological polar surface area (TPSA) is 50.2 Å². The van der Waals surface area contributed by atoms with Crippen molar-refractivity contribution in [2.75, 3.05) is 0 Å². The van der Waals surface area contributed by atoms with Crippen molar-refractivity contribution in [3.05, 3.63) is 68.8 Å². The summed E-state index contributed by atoms with van der Waals surface area (Å²) in [6.07, 6.45) is -2.82. The van der Waals surface area contributed by atoms with Gasteiger partial charge in [0.1, 0.15) is 5.69 Å². The molecule has 1 saturated carbocycles. The van der Waals surface area contributed by atoms with Crippen LogP contribution in [0.3, 0.4) is 0 Å². The fourth-order valence-electron chi connectivity index (χ4n) is 3.21. The van der Waals surface area contributed by atoms with Crippen molar-refractivity contribution in [3.63, 3.8) is 0 Å². The van der Waals surface area contributed by atoms with E-state index >= 15 is 0 Å². The van der Waals surface area contributed by atoms with Gasteiger partial charge in [-0.3, -0.25) is 9.89 Å². The molecule has 0 amide bonds. The quantitative estimate of drug-likeness (QED) is 0.783. The van der Waals surface area contributed by atoms with E-state index in [1.807, 2.05) is 30.3 Å². The summed E-state index contributed by atoms with van der Waals surface area (Å²) < 4.78 is 41.1. The Balaban J connectivity index is 1.92. The van der Waals surface area contributed by atoms with Gasteiger partial charge in [0.15, 0.2) is 5.65 Å². The van der Waals surface area contributed by atoms with Crippen molar-refractivity contribution in [1.82, 2.24) is 14.6 Å². The summed E-state index contributed by atoms with van der Waals surface area (Å²) in [6, 6.07) is 9.33. The summed E-state index contributed by atoms with van der Waals surface area (Å²) in [6.45, 7) is 1.68. The van der Waals surface area contributed by atoms with Crippen LogP contribution in [0.25, 0.3) is 5.65 Å². The van der Waals surface area contributed by atoms with Crippen LogP contribution in [0, 0.1) is 6.92 Å². The number of hydrogen-bond acceptors (Lipinski definition) is 2. The van der Waals surface area contributed by atoms with Gasteiger partial charge >= 0.3 is 6.18 Å². The van der Waals surface area contributed by atoms with Crippen LogP contribution in [0.1, 0.15) is 46.8 Å². The second-order valence-electron chi connectivity index (χ2n) is 6.47. The first-order chi connectivity index (χ1) is 11.9. The summed E-state index contributed by atoms with van der Waals surface area (Å²) in [5, 5.41) is 2.26. The number of benzene rings is 1. The molecule has 1 aromatic carbocycles. The van der Waals surface area contributed by atoms with E-state index in [0.717, 1.165) is 10.1 Å². The molecular formula is C18H16F3N3O. The highest BCUT2D eigenvalue weighted by Gasteiger charge is 2.42. The van der Waals surface area contributed by atoms with Gasteiger partial charge in [-0.2, -0.15) is 13.2 Å². The molecule has 7 heteroatoms. The molecule has 0 saturated heterocycles. The molecule has 1 N–H and O–H groups in total. The van der Waals surface area contributed by atoms with Crippen LogP contribution in [-0.4, -0.2) is 14.6 Å². The summed E-state index contributed by atoms with van der Waals surface area (Å²) in [7, 11) is 0. The Labute approximate surface area is 141 Å². The molecule has 25 heavy (non-hydrogen) atoms. The molecule has 0 aliphatic heterocycles. The highest BCUT2D eigenvalue weighted by molar-refractivity contribution is 5.55. The summed E-state index contributed by atoms with van der Waals surface area (Å²) in [4.78, 5) is 17.2. The van der Waals surface area contributed by atoms with Crippen LogP contribution in [-0.2, 0) is 12.6 Å². The lowest BCUT2D eigenvalue weighted by atomic mass is 10.0. The average Bonchev–Trinajstić information content (AvgIpc) is 3.32. The largest absolute Gasteiger partial charge is 0.433 e. The number of nitrogens with zero attached hydrogens (tertiary/aromatic N) is 2. The number of aromatic amines is 1. The number of H-pyrrole nitrogens is 1. The van der Waals surface area contributed by atoms with E-state index in [9.17, 15) is 18.0 Å². The Morgan fingerprint density at radius 2 is 1.92 bits per heavy atom. The maximum Gasteiger partial charge on any atom is 0.433 e. The maximum absolute atomic E-state index is 13.4. The molecule has 0 atom stereocenters. The maximum atomic E-state index is 13.4. The lowest BCUT2D eigenvalue weighted by Gasteiger charge is -2.06. The highest BCUT2D eigenvalue weighted by atomic mass is 19.4. The first-order valence-electron chi connectivity index (χ1n) is 8.11. The first kappa shape index (κ1) is 15.9. The highest BCUT2D eigenvalue weighted by Crippen LogP contribution is 2.46. The van der Waals surface area contributed by atoms with Crippen molar-refractivity contribution in [3.8, 4) is 0 Å². The Hall–Kier alpha value is -2.57. The molecule has 130 valence electrons. The fraction of sp³-hybridized carbons (Fsp3) is 0.333. The minimum atomic E-state index is -4.54. The van der Waals surface area contributed by atoms with E-state index in [1.54, 1.807) is 6.92 Å². The number of hydrogen-bond donors (Lipinski definition) is 1. The molecule has 0 spiro atoms. The monoisotopic (exact) mass is 347 g/mol. The van der Waals surface area contributed by atoms with Crippen LogP contribution in [0.5, 0.6) is 0 Å². The zero-order valence-electron chi connectivity index (χ0n) is 13.5. The van der Waals surface area contributed by atoms with Gasteiger partial charge in [0.05, 0.1) is 0 Å². The molecular weight excluding hydrogens is 331 g/mol. The zero-order chi connectivity index (χ0) is 17.8. The Morgan fingerprint density at radius 1 is 1.24 bits per heavy atom. The Kier molecular flexibility index (Phi) is 3.49. The summed E-state index contributed by atoms with van der Waals surface area (Å²) in [5.74, 6) is -0.177. The molecule has 4 nitrogen and oxygen atoms in total. The van der Waals surface area contributed by atoms with Crippen LogP contribution in [0.2, 0.25) is 0 Å². The van der Waals surface area contributed by atoms with E-state index in [0.29, 0.717) is 30.5 Å². The molecule has 3 aromatic rings. The number of alkyl halides is 3. The van der Waals surface area contributed by atoms with Crippen LogP contribution < -0.4 is 5.56 Å². The van der Waals surface area contributed by atoms with E-state index in [1.165, 1.54) is 0 Å². The number of aromatic nitrogens is 3. The molecule has 4 rings (SSSR count). The third-order valence-electron chi connectivity index (χ3n) is 4.61. The molecule has 1 aliphatic rings. The SMILES string of the molecule is Cc1nc2c(C3CC3)c(C(F)(F)F)[nH]n2c(=O)c1Cc1ccccc1. The Bertz CT molecular complexity index is 998. The van der Waals surface area contributed by atoms with Gasteiger partial charge in [0.2, 0.25) is 0 Å². The van der Waals surface area contributed by atoms with Crippen LogP contribution in [0.4, 0.5) is 13.2 Å². The van der Waals surface area contributed by atoms with Crippen molar-refractivity contribution in [2.24, 2.45) is 0 Å². The number of nitrogens with one attached hydrogen (secondary N) is 1. The van der Waals surface area contributed by atoms with Crippen LogP contribution in [0.15, 0.2) is 35.1 Å². The van der Waals surface area contributed by atoms with Crippen molar-refractivity contribution in [2.45, 2.75) is 38.3 Å². The number of aryl methyl sites for hydroxylation is 1. The predicted octanol–water partition coefficient (Wildman–Crippen LogP) is 3.82. The van der Waals surface area contributed by atoms with Gasteiger partial charge in [0.25, 0.3) is 5.56 Å². The van der Waals surface area contributed by atoms with Gasteiger partial charge in [0, 0.05) is 23.2 Å². The van der Waals surface area contributed by atoms with Gasteiger partial charge in [-0.25, -0.2) is 9.50 Å². The molecule has 1 aliphatic carbocycles. The lowest BCUT2D eigenvalue weighted by Crippen LogP contribution is -2.22. The third kappa shape index (κ3) is 2.73. The molecule has 1 fully saturated rings. The van der Waals surface area contributed by atoms with Gasteiger partial charge in [-0.1, -0.05) is 30.3 Å². The van der Waals surface area contributed by atoms with Crippen molar-refractivity contribution in [1.29, 1.82) is 0 Å². The molecule has 0 unspecified atom stereocenters. The minimum Gasteiger partial charge on any atom is -0.285 e. The smallest absolute Gasteiger partial charge is 0.285 e. The lowest BCUT2D eigenvalue weighted by molar-refractivity contribution is -0.141. The van der Waals surface area contributed by atoms with Crippen molar-refractivity contribution < 1.29 is 13.2 Å². The third-order valence-corrected chi connectivity index (χ3v) is 4.61. The second kappa shape index (κ2) is 5.47. The number of rotatable bonds is 3. The van der Waals surface area contributed by atoms with E-state index in [2.05, 4.69) is 10.1 Å². The number of halogens is 3. The molecule has 0 bridgehead atoms. The number of fused-ring (bicyclic) bond motifs is 1. The van der Waals surface area contributed by atoms with E-state index < -0.39 is 17.4 Å². The zero-order valence-corrected chi connectivity index (χ0v) is 13.5. The van der Waals surface area contributed by atoms with Crippen molar-refractivity contribution >= 4 is 5.65 Å². The molecule has 2 heterocycles. The minimum absolute atomic E-state index is 0.106. The van der Waals surface area contributed by atoms with E-state index in [4.69, 9.17) is 0 Å². The van der Waals surface area contributed by atoms with Crippen LogP contribution >= 0.6 is 0 Å². The molecule has 2 aromatic heterocycles. The standard InChI is InChI=1S/C18H16F3N3O/c1-10-13(9-11-5-3-2-4-6-11)17(25)24-16(22-10)14(12-7-8-12)15(23-24)18(19,20)21/h2-6,12,23H,7-9H2,1H3. The fourth-order valence-corrected chi connectivity index (χ4v) is 3.21. The summed E-state index contributed by atoms with van der Waals surface area (Å²) in [5.41, 5.74) is 0.701. The average molecular weight is 347 g/mol. The summed E-state index contributed by atoms with van der Waals surface area (Å²) >= 11 is 0. The predicted molar refractivity (Wildman–Crippen MR) is 86.8 cm³/mol. The van der Waals surface area contributed by atoms with E-state index in [-0.39, 0.29) is 17.1 Å². The van der Waals surface area contributed by atoms with Gasteiger partial charge in [-0.05, 0) is 31.2 Å².